The molecule has 1 fully saturated rings. The average molecular weight is 239 g/mol. The van der Waals surface area contributed by atoms with E-state index in [1.807, 2.05) is 4.98 Å². The quantitative estimate of drug-likeness (QED) is 0.733. The molecule has 0 unspecified atom stereocenters. The molecule has 2 N–H and O–H groups in total. The lowest BCUT2D eigenvalue weighted by Crippen LogP contribution is -2.34. The number of aromatic amines is 2. The van der Waals surface area contributed by atoms with Gasteiger partial charge in [-0.1, -0.05) is 6.42 Å². The molecule has 92 valence electrons. The van der Waals surface area contributed by atoms with Crippen LogP contribution in [0.1, 0.15) is 29.8 Å². The fraction of sp³-hybridized carbons (Fsp3) is 0.500. The van der Waals surface area contributed by atoms with Crippen LogP contribution in [-0.4, -0.2) is 34.1 Å². The maximum atomic E-state index is 11.6. The SMILES string of the molecule is O=C(ON1CCCCC1)c1cc(=O)[nH]c(=O)[nH]1. The molecule has 0 bridgehead atoms. The predicted octanol–water partition coefficient (Wildman–Crippen LogP) is -0.379. The van der Waals surface area contributed by atoms with Gasteiger partial charge in [-0.3, -0.25) is 9.78 Å². The highest BCUT2D eigenvalue weighted by Crippen LogP contribution is 2.09. The first-order valence-corrected chi connectivity index (χ1v) is 5.46. The van der Waals surface area contributed by atoms with Crippen molar-refractivity contribution in [3.8, 4) is 0 Å². The van der Waals surface area contributed by atoms with Gasteiger partial charge in [0.1, 0.15) is 5.69 Å². The van der Waals surface area contributed by atoms with Gasteiger partial charge >= 0.3 is 11.7 Å². The number of hydrogen-bond donors (Lipinski definition) is 2. The van der Waals surface area contributed by atoms with Gasteiger partial charge in [-0.15, -0.1) is 5.06 Å². The summed E-state index contributed by atoms with van der Waals surface area (Å²) in [7, 11) is 0. The van der Waals surface area contributed by atoms with Crippen LogP contribution >= 0.6 is 0 Å². The number of nitrogens with one attached hydrogen (secondary N) is 2. The van der Waals surface area contributed by atoms with Crippen molar-refractivity contribution in [2.45, 2.75) is 19.3 Å². The van der Waals surface area contributed by atoms with Crippen LogP contribution in [0.2, 0.25) is 0 Å². The topological polar surface area (TPSA) is 95.3 Å². The zero-order valence-electron chi connectivity index (χ0n) is 9.19. The summed E-state index contributed by atoms with van der Waals surface area (Å²) < 4.78 is 0. The molecule has 2 rings (SSSR count). The minimum Gasteiger partial charge on any atom is -0.363 e. The summed E-state index contributed by atoms with van der Waals surface area (Å²) in [5, 5.41) is 1.55. The number of H-pyrrole nitrogens is 2. The first-order valence-electron chi connectivity index (χ1n) is 5.46. The molecule has 0 spiro atoms. The first kappa shape index (κ1) is 11.6. The van der Waals surface area contributed by atoms with E-state index in [0.717, 1.165) is 25.3 Å². The van der Waals surface area contributed by atoms with E-state index in [1.54, 1.807) is 5.06 Å². The minimum atomic E-state index is -0.719. The molecular formula is C10H13N3O4. The summed E-state index contributed by atoms with van der Waals surface area (Å²) >= 11 is 0. The van der Waals surface area contributed by atoms with E-state index in [0.29, 0.717) is 13.1 Å². The van der Waals surface area contributed by atoms with Crippen LogP contribution in [0, 0.1) is 0 Å². The van der Waals surface area contributed by atoms with E-state index in [-0.39, 0.29) is 5.69 Å². The third kappa shape index (κ3) is 3.04. The van der Waals surface area contributed by atoms with Crippen LogP contribution in [0.25, 0.3) is 0 Å². The Balaban J connectivity index is 2.08. The van der Waals surface area contributed by atoms with Crippen molar-refractivity contribution < 1.29 is 9.63 Å². The highest BCUT2D eigenvalue weighted by Gasteiger charge is 2.17. The highest BCUT2D eigenvalue weighted by atomic mass is 16.7. The van der Waals surface area contributed by atoms with Crippen molar-refractivity contribution >= 4 is 5.97 Å². The first-order chi connectivity index (χ1) is 8.15. The van der Waals surface area contributed by atoms with Crippen LogP contribution in [-0.2, 0) is 4.84 Å². The number of rotatable bonds is 2. The van der Waals surface area contributed by atoms with E-state index in [2.05, 4.69) is 4.98 Å². The molecule has 1 saturated heterocycles. The van der Waals surface area contributed by atoms with Crippen molar-refractivity contribution in [2.75, 3.05) is 13.1 Å². The standard InChI is InChI=1S/C10H13N3O4/c14-8-6-7(11-10(16)12-8)9(15)17-13-4-2-1-3-5-13/h6H,1-5H2,(H2,11,12,14,16). The van der Waals surface area contributed by atoms with E-state index in [9.17, 15) is 14.4 Å². The number of hydroxylamine groups is 2. The fourth-order valence-electron chi connectivity index (χ4n) is 1.70. The zero-order valence-corrected chi connectivity index (χ0v) is 9.19. The Bertz CT molecular complexity index is 485. The number of aromatic nitrogens is 2. The van der Waals surface area contributed by atoms with E-state index < -0.39 is 17.2 Å². The molecule has 7 heteroatoms. The second kappa shape index (κ2) is 4.96. The van der Waals surface area contributed by atoms with Crippen molar-refractivity contribution in [1.29, 1.82) is 0 Å². The molecule has 0 amide bonds. The predicted molar refractivity (Wildman–Crippen MR) is 58.5 cm³/mol. The lowest BCUT2D eigenvalue weighted by atomic mass is 10.2. The number of nitrogens with zero attached hydrogens (tertiary/aromatic N) is 1. The maximum Gasteiger partial charge on any atom is 0.373 e. The third-order valence-corrected chi connectivity index (χ3v) is 2.51. The van der Waals surface area contributed by atoms with E-state index in [1.165, 1.54) is 0 Å². The molecule has 1 aliphatic heterocycles. The second-order valence-electron chi connectivity index (χ2n) is 3.87. The van der Waals surface area contributed by atoms with Crippen molar-refractivity contribution in [3.63, 3.8) is 0 Å². The molecule has 17 heavy (non-hydrogen) atoms. The summed E-state index contributed by atoms with van der Waals surface area (Å²) in [5.41, 5.74) is -1.48. The summed E-state index contributed by atoms with van der Waals surface area (Å²) in [4.78, 5) is 42.9. The second-order valence-corrected chi connectivity index (χ2v) is 3.87. The normalized spacial score (nSPS) is 16.7. The van der Waals surface area contributed by atoms with Gasteiger partial charge in [0.15, 0.2) is 0 Å². The van der Waals surface area contributed by atoms with Gasteiger partial charge < -0.3 is 9.82 Å². The van der Waals surface area contributed by atoms with Gasteiger partial charge in [-0.05, 0) is 12.8 Å². The Morgan fingerprint density at radius 2 is 1.88 bits per heavy atom. The summed E-state index contributed by atoms with van der Waals surface area (Å²) in [5.74, 6) is -0.713. The van der Waals surface area contributed by atoms with E-state index >= 15 is 0 Å². The summed E-state index contributed by atoms with van der Waals surface area (Å²) in [6.45, 7) is 1.36. The Kier molecular flexibility index (Phi) is 3.38. The largest absolute Gasteiger partial charge is 0.373 e. The Morgan fingerprint density at radius 1 is 1.18 bits per heavy atom. The highest BCUT2D eigenvalue weighted by molar-refractivity contribution is 5.86. The Morgan fingerprint density at radius 3 is 2.53 bits per heavy atom. The van der Waals surface area contributed by atoms with Crippen LogP contribution < -0.4 is 11.2 Å². The Hall–Kier alpha value is -1.89. The zero-order chi connectivity index (χ0) is 12.3. The fourth-order valence-corrected chi connectivity index (χ4v) is 1.70. The molecule has 0 aliphatic carbocycles. The molecule has 1 aromatic rings. The van der Waals surface area contributed by atoms with Gasteiger partial charge in [-0.25, -0.2) is 9.59 Å². The molecule has 0 radical (unpaired) electrons. The van der Waals surface area contributed by atoms with Crippen LogP contribution in [0.5, 0.6) is 0 Å². The molecule has 0 aromatic carbocycles. The molecule has 7 nitrogen and oxygen atoms in total. The maximum absolute atomic E-state index is 11.6. The van der Waals surface area contributed by atoms with Crippen LogP contribution in [0.4, 0.5) is 0 Å². The van der Waals surface area contributed by atoms with Gasteiger partial charge in [0.25, 0.3) is 5.56 Å². The molecule has 2 heterocycles. The lowest BCUT2D eigenvalue weighted by molar-refractivity contribution is -0.119. The number of carbonyl (C=O) groups is 1. The molecule has 0 saturated carbocycles. The number of carbonyl (C=O) groups excluding carboxylic acids is 1. The van der Waals surface area contributed by atoms with Gasteiger partial charge in [0, 0.05) is 19.2 Å². The van der Waals surface area contributed by atoms with Crippen LogP contribution in [0.3, 0.4) is 0 Å². The van der Waals surface area contributed by atoms with Crippen molar-refractivity contribution in [2.24, 2.45) is 0 Å². The third-order valence-electron chi connectivity index (χ3n) is 2.51. The summed E-state index contributed by atoms with van der Waals surface area (Å²) in [6, 6.07) is 1.01. The van der Waals surface area contributed by atoms with E-state index in [4.69, 9.17) is 4.84 Å². The monoisotopic (exact) mass is 239 g/mol. The molecule has 1 aromatic heterocycles. The van der Waals surface area contributed by atoms with Gasteiger partial charge in [0.05, 0.1) is 0 Å². The molecule has 1 aliphatic rings. The molecule has 0 atom stereocenters. The smallest absolute Gasteiger partial charge is 0.363 e. The molecular weight excluding hydrogens is 226 g/mol. The van der Waals surface area contributed by atoms with Gasteiger partial charge in [-0.2, -0.15) is 0 Å². The number of hydrogen-bond acceptors (Lipinski definition) is 5. The van der Waals surface area contributed by atoms with Crippen molar-refractivity contribution in [1.82, 2.24) is 15.0 Å². The van der Waals surface area contributed by atoms with Crippen LogP contribution in [0.15, 0.2) is 15.7 Å². The minimum absolute atomic E-state index is 0.135. The lowest BCUT2D eigenvalue weighted by Gasteiger charge is -2.24. The average Bonchev–Trinajstić information content (AvgIpc) is 2.29. The number of piperidine rings is 1. The van der Waals surface area contributed by atoms with Gasteiger partial charge in [0.2, 0.25) is 0 Å². The summed E-state index contributed by atoms with van der Waals surface area (Å²) in [6.07, 6.45) is 3.06. The van der Waals surface area contributed by atoms with Crippen molar-refractivity contribution in [3.05, 3.63) is 32.6 Å². The Labute approximate surface area is 96.4 Å².